The normalized spacial score (nSPS) is 23.2. The number of aryl methyl sites for hydroxylation is 1. The lowest BCUT2D eigenvalue weighted by molar-refractivity contribution is -0.00869. The van der Waals surface area contributed by atoms with Crippen molar-refractivity contribution in [2.45, 2.75) is 31.9 Å². The Labute approximate surface area is 109 Å². The fourth-order valence-corrected chi connectivity index (χ4v) is 2.59. The highest BCUT2D eigenvalue weighted by molar-refractivity contribution is 9.10. The third-order valence-electron chi connectivity index (χ3n) is 3.04. The van der Waals surface area contributed by atoms with Gasteiger partial charge >= 0.3 is 0 Å². The summed E-state index contributed by atoms with van der Waals surface area (Å²) in [6, 6.07) is 2.08. The van der Waals surface area contributed by atoms with Crippen molar-refractivity contribution in [2.24, 2.45) is 7.05 Å². The molecule has 0 atom stereocenters. The maximum atomic E-state index is 12.0. The first-order chi connectivity index (χ1) is 8.10. The molecule has 1 aromatic rings. The van der Waals surface area contributed by atoms with Gasteiger partial charge in [0.1, 0.15) is 5.69 Å². The van der Waals surface area contributed by atoms with Gasteiger partial charge in [0, 0.05) is 30.4 Å². The molecule has 1 aliphatic rings. The fraction of sp³-hybridized carbons (Fsp3) is 0.583. The number of nitrogens with zero attached hydrogens (tertiary/aromatic N) is 1. The van der Waals surface area contributed by atoms with Crippen molar-refractivity contribution in [3.05, 3.63) is 22.4 Å². The van der Waals surface area contributed by atoms with Crippen LogP contribution < -0.4 is 5.32 Å². The van der Waals surface area contributed by atoms with Gasteiger partial charge in [0.15, 0.2) is 0 Å². The van der Waals surface area contributed by atoms with Gasteiger partial charge in [0.2, 0.25) is 0 Å². The standard InChI is InChI=1S/C12H17BrN2O2/c1-3-17-10-5-9(6-10)14-12(16)11-4-8(13)7-15(11)2/h4,7,9-10H,3,5-6H2,1-2H3,(H,14,16). The second-order valence-corrected chi connectivity index (χ2v) is 5.29. The van der Waals surface area contributed by atoms with Crippen LogP contribution in [-0.4, -0.2) is 29.2 Å². The summed E-state index contributed by atoms with van der Waals surface area (Å²) in [4.78, 5) is 12.0. The molecule has 1 N–H and O–H groups in total. The predicted octanol–water partition coefficient (Wildman–Crippen LogP) is 2.08. The first-order valence-electron chi connectivity index (χ1n) is 5.84. The monoisotopic (exact) mass is 300 g/mol. The number of carbonyl (C=O) groups excluding carboxylic acids is 1. The van der Waals surface area contributed by atoms with E-state index >= 15 is 0 Å². The summed E-state index contributed by atoms with van der Waals surface area (Å²) in [5.74, 6) is -0.0156. The van der Waals surface area contributed by atoms with Gasteiger partial charge in [-0.05, 0) is 41.8 Å². The molecule has 0 radical (unpaired) electrons. The minimum atomic E-state index is -0.0156. The molecule has 0 saturated heterocycles. The average Bonchev–Trinajstić information content (AvgIpc) is 2.54. The summed E-state index contributed by atoms with van der Waals surface area (Å²) in [6.45, 7) is 2.74. The van der Waals surface area contributed by atoms with Crippen LogP contribution in [0.5, 0.6) is 0 Å². The summed E-state index contributed by atoms with van der Waals surface area (Å²) < 4.78 is 8.20. The van der Waals surface area contributed by atoms with E-state index in [4.69, 9.17) is 4.74 Å². The Kier molecular flexibility index (Phi) is 3.89. The van der Waals surface area contributed by atoms with E-state index in [1.807, 2.05) is 30.8 Å². The van der Waals surface area contributed by atoms with E-state index in [-0.39, 0.29) is 11.9 Å². The van der Waals surface area contributed by atoms with Gasteiger partial charge < -0.3 is 14.6 Å². The quantitative estimate of drug-likeness (QED) is 0.925. The molecule has 1 heterocycles. The van der Waals surface area contributed by atoms with Gasteiger partial charge in [-0.25, -0.2) is 0 Å². The Hall–Kier alpha value is -0.810. The lowest BCUT2D eigenvalue weighted by Crippen LogP contribution is -2.48. The van der Waals surface area contributed by atoms with Crippen LogP contribution in [-0.2, 0) is 11.8 Å². The van der Waals surface area contributed by atoms with E-state index in [1.54, 1.807) is 0 Å². The van der Waals surface area contributed by atoms with Gasteiger partial charge in [-0.2, -0.15) is 0 Å². The van der Waals surface area contributed by atoms with E-state index in [2.05, 4.69) is 21.2 Å². The zero-order valence-corrected chi connectivity index (χ0v) is 11.7. The predicted molar refractivity (Wildman–Crippen MR) is 69.0 cm³/mol. The first-order valence-corrected chi connectivity index (χ1v) is 6.63. The number of hydrogen-bond acceptors (Lipinski definition) is 2. The van der Waals surface area contributed by atoms with Crippen LogP contribution in [0.15, 0.2) is 16.7 Å². The number of carbonyl (C=O) groups is 1. The molecule has 1 aliphatic carbocycles. The van der Waals surface area contributed by atoms with Crippen molar-refractivity contribution in [2.75, 3.05) is 6.61 Å². The Morgan fingerprint density at radius 1 is 1.65 bits per heavy atom. The average molecular weight is 301 g/mol. The number of nitrogens with one attached hydrogen (secondary N) is 1. The fourth-order valence-electron chi connectivity index (χ4n) is 2.06. The van der Waals surface area contributed by atoms with Crippen LogP contribution in [0.3, 0.4) is 0 Å². The highest BCUT2D eigenvalue weighted by Gasteiger charge is 2.31. The van der Waals surface area contributed by atoms with E-state index in [9.17, 15) is 4.79 Å². The Morgan fingerprint density at radius 3 is 2.88 bits per heavy atom. The van der Waals surface area contributed by atoms with Crippen LogP contribution >= 0.6 is 15.9 Å². The molecule has 1 aromatic heterocycles. The van der Waals surface area contributed by atoms with E-state index < -0.39 is 0 Å². The number of amides is 1. The molecule has 0 unspecified atom stereocenters. The number of rotatable bonds is 4. The molecule has 94 valence electrons. The third kappa shape index (κ3) is 2.90. The topological polar surface area (TPSA) is 43.3 Å². The smallest absolute Gasteiger partial charge is 0.268 e. The van der Waals surface area contributed by atoms with Crippen LogP contribution in [0, 0.1) is 0 Å². The van der Waals surface area contributed by atoms with Crippen molar-refractivity contribution in [1.29, 1.82) is 0 Å². The van der Waals surface area contributed by atoms with E-state index in [1.165, 1.54) is 0 Å². The van der Waals surface area contributed by atoms with Crippen molar-refractivity contribution in [1.82, 2.24) is 9.88 Å². The van der Waals surface area contributed by atoms with Crippen LogP contribution in [0.25, 0.3) is 0 Å². The summed E-state index contributed by atoms with van der Waals surface area (Å²) >= 11 is 3.36. The van der Waals surface area contributed by atoms with E-state index in [0.29, 0.717) is 11.8 Å². The molecular formula is C12H17BrN2O2. The van der Waals surface area contributed by atoms with Crippen LogP contribution in [0.4, 0.5) is 0 Å². The Balaban J connectivity index is 1.85. The summed E-state index contributed by atoms with van der Waals surface area (Å²) in [7, 11) is 1.86. The zero-order valence-electron chi connectivity index (χ0n) is 10.1. The van der Waals surface area contributed by atoms with Gasteiger partial charge in [-0.1, -0.05) is 0 Å². The van der Waals surface area contributed by atoms with Gasteiger partial charge in [0.05, 0.1) is 6.10 Å². The second-order valence-electron chi connectivity index (χ2n) is 4.37. The van der Waals surface area contributed by atoms with Gasteiger partial charge in [-0.3, -0.25) is 4.79 Å². The van der Waals surface area contributed by atoms with Crippen LogP contribution in [0.1, 0.15) is 30.3 Å². The van der Waals surface area contributed by atoms with Crippen molar-refractivity contribution in [3.63, 3.8) is 0 Å². The van der Waals surface area contributed by atoms with E-state index in [0.717, 1.165) is 23.9 Å². The molecule has 0 aromatic carbocycles. The molecule has 0 spiro atoms. The lowest BCUT2D eigenvalue weighted by Gasteiger charge is -2.35. The second kappa shape index (κ2) is 5.23. The molecular weight excluding hydrogens is 284 g/mol. The van der Waals surface area contributed by atoms with Crippen molar-refractivity contribution in [3.8, 4) is 0 Å². The highest BCUT2D eigenvalue weighted by Crippen LogP contribution is 2.23. The minimum Gasteiger partial charge on any atom is -0.378 e. The molecule has 17 heavy (non-hydrogen) atoms. The third-order valence-corrected chi connectivity index (χ3v) is 3.47. The summed E-state index contributed by atoms with van der Waals surface area (Å²) in [5, 5.41) is 3.01. The molecule has 0 bridgehead atoms. The molecule has 4 nitrogen and oxygen atoms in total. The molecule has 1 fully saturated rings. The van der Waals surface area contributed by atoms with Crippen molar-refractivity contribution < 1.29 is 9.53 Å². The first kappa shape index (κ1) is 12.6. The summed E-state index contributed by atoms with van der Waals surface area (Å²) in [5.41, 5.74) is 0.678. The molecule has 0 aliphatic heterocycles. The lowest BCUT2D eigenvalue weighted by atomic mass is 9.89. The number of hydrogen-bond donors (Lipinski definition) is 1. The maximum absolute atomic E-state index is 12.0. The number of ether oxygens (including phenoxy) is 1. The highest BCUT2D eigenvalue weighted by atomic mass is 79.9. The number of halogens is 1. The minimum absolute atomic E-state index is 0.0156. The largest absolute Gasteiger partial charge is 0.378 e. The molecule has 2 rings (SSSR count). The maximum Gasteiger partial charge on any atom is 0.268 e. The Morgan fingerprint density at radius 2 is 2.35 bits per heavy atom. The SMILES string of the molecule is CCOC1CC(NC(=O)c2cc(Br)cn2C)C1. The zero-order chi connectivity index (χ0) is 12.4. The Bertz CT molecular complexity index is 411. The molecule has 5 heteroatoms. The van der Waals surface area contributed by atoms with Crippen molar-refractivity contribution >= 4 is 21.8 Å². The van der Waals surface area contributed by atoms with Gasteiger partial charge in [-0.15, -0.1) is 0 Å². The van der Waals surface area contributed by atoms with Crippen LogP contribution in [0.2, 0.25) is 0 Å². The molecule has 1 saturated carbocycles. The summed E-state index contributed by atoms with van der Waals surface area (Å²) in [6.07, 6.45) is 4.04. The van der Waals surface area contributed by atoms with Gasteiger partial charge in [0.25, 0.3) is 5.91 Å². The number of aromatic nitrogens is 1. The molecule has 1 amide bonds.